The van der Waals surface area contributed by atoms with E-state index < -0.39 is 21.8 Å². The molecule has 0 bridgehead atoms. The number of anilines is 1. The number of carbonyl (C=O) groups is 2. The Morgan fingerprint density at radius 1 is 1.06 bits per heavy atom. The lowest BCUT2D eigenvalue weighted by Crippen LogP contribution is -2.35. The summed E-state index contributed by atoms with van der Waals surface area (Å²) in [5, 5.41) is 0. The summed E-state index contributed by atoms with van der Waals surface area (Å²) in [7, 11) is -0.303. The zero-order valence-electron chi connectivity index (χ0n) is 10.2. The zero-order valence-corrected chi connectivity index (χ0v) is 11.0. The number of nitrogens with zero attached hydrogens (tertiary/aromatic N) is 2. The Balaban J connectivity index is 2.60. The molecule has 0 spiro atoms. The van der Waals surface area contributed by atoms with Gasteiger partial charge in [0, 0.05) is 19.8 Å². The van der Waals surface area contributed by atoms with Crippen LogP contribution >= 0.6 is 0 Å². The smallest absolute Gasteiger partial charge is 0.275 e. The van der Waals surface area contributed by atoms with Crippen LogP contribution in [0.25, 0.3) is 0 Å². The van der Waals surface area contributed by atoms with Gasteiger partial charge in [-0.25, -0.2) is 8.42 Å². The quantitative estimate of drug-likeness (QED) is 0.722. The number of imide groups is 1. The maximum atomic E-state index is 11.9. The Morgan fingerprint density at radius 2 is 1.61 bits per heavy atom. The van der Waals surface area contributed by atoms with Gasteiger partial charge in [0.2, 0.25) is 10.0 Å². The lowest BCUT2D eigenvalue weighted by molar-refractivity contribution is 0.0766. The Labute approximate surface area is 105 Å². The number of rotatable bonds is 2. The van der Waals surface area contributed by atoms with Gasteiger partial charge in [-0.05, 0) is 18.2 Å². The molecule has 0 atom stereocenters. The summed E-state index contributed by atoms with van der Waals surface area (Å²) in [4.78, 5) is 25.5. The average Bonchev–Trinajstić information content (AvgIpc) is 2.50. The van der Waals surface area contributed by atoms with Crippen molar-refractivity contribution >= 4 is 27.5 Å². The number of amides is 2. The summed E-state index contributed by atoms with van der Waals surface area (Å²) < 4.78 is 23.1. The molecule has 0 fully saturated rings. The molecule has 1 aromatic rings. The minimum absolute atomic E-state index is 0.121. The highest BCUT2D eigenvalue weighted by Crippen LogP contribution is 2.28. The minimum atomic E-state index is -3.88. The van der Waals surface area contributed by atoms with Gasteiger partial charge in [0.05, 0.1) is 17.4 Å². The van der Waals surface area contributed by atoms with Crippen LogP contribution in [0, 0.1) is 0 Å². The average molecular weight is 268 g/mol. The van der Waals surface area contributed by atoms with Crippen molar-refractivity contribution < 1.29 is 18.0 Å². The van der Waals surface area contributed by atoms with Gasteiger partial charge in [0.25, 0.3) is 11.8 Å². The Hall–Kier alpha value is -1.89. The van der Waals surface area contributed by atoms with E-state index in [0.29, 0.717) is 4.31 Å². The van der Waals surface area contributed by atoms with Crippen molar-refractivity contribution in [2.45, 2.75) is 0 Å². The summed E-state index contributed by atoms with van der Waals surface area (Å²) in [6.45, 7) is 0. The molecule has 96 valence electrons. The normalized spacial score (nSPS) is 14.9. The molecule has 2 amide bonds. The van der Waals surface area contributed by atoms with E-state index in [4.69, 9.17) is 0 Å². The molecule has 1 heterocycles. The van der Waals surface area contributed by atoms with Gasteiger partial charge in [-0.15, -0.1) is 0 Å². The molecule has 0 saturated carbocycles. The fourth-order valence-corrected chi connectivity index (χ4v) is 2.59. The summed E-state index contributed by atoms with van der Waals surface area (Å²) in [5.74, 6) is -1.58. The fraction of sp³-hybridized carbons (Fsp3) is 0.273. The third-order valence-electron chi connectivity index (χ3n) is 2.68. The van der Waals surface area contributed by atoms with Crippen LogP contribution in [0.1, 0.15) is 20.7 Å². The van der Waals surface area contributed by atoms with Crippen molar-refractivity contribution in [3.63, 3.8) is 0 Å². The van der Waals surface area contributed by atoms with Crippen LogP contribution in [0.5, 0.6) is 0 Å². The highest BCUT2D eigenvalue weighted by molar-refractivity contribution is 7.89. The first-order valence-electron chi connectivity index (χ1n) is 5.14. The van der Waals surface area contributed by atoms with Crippen molar-refractivity contribution in [2.75, 3.05) is 25.3 Å². The van der Waals surface area contributed by atoms with Gasteiger partial charge in [-0.2, -0.15) is 4.31 Å². The van der Waals surface area contributed by atoms with Crippen LogP contribution < -0.4 is 4.90 Å². The number of hydrogen-bond donors (Lipinski definition) is 0. The van der Waals surface area contributed by atoms with Crippen molar-refractivity contribution in [1.82, 2.24) is 4.31 Å². The molecule has 0 aromatic heterocycles. The molecule has 7 heteroatoms. The van der Waals surface area contributed by atoms with E-state index in [2.05, 4.69) is 0 Å². The van der Waals surface area contributed by atoms with Crippen LogP contribution in [0.2, 0.25) is 0 Å². The van der Waals surface area contributed by atoms with Crippen LogP contribution in [0.3, 0.4) is 0 Å². The standard InChI is InChI=1S/C11H12N2O4S/c1-12(2)7-4-5-8-9(6-7)11(15)13(10(8)14)18(3,16)17/h4-6H,1-3H3. The van der Waals surface area contributed by atoms with Gasteiger partial charge < -0.3 is 4.90 Å². The van der Waals surface area contributed by atoms with Gasteiger partial charge in [0.1, 0.15) is 0 Å². The van der Waals surface area contributed by atoms with Crippen molar-refractivity contribution in [3.8, 4) is 0 Å². The monoisotopic (exact) mass is 268 g/mol. The maximum absolute atomic E-state index is 11.9. The zero-order chi connectivity index (χ0) is 13.7. The first-order chi connectivity index (χ1) is 8.23. The SMILES string of the molecule is CN(C)c1ccc2c(c1)C(=O)N(S(C)(=O)=O)C2=O. The third kappa shape index (κ3) is 1.76. The molecule has 0 aliphatic carbocycles. The summed E-state index contributed by atoms with van der Waals surface area (Å²) in [6.07, 6.45) is 0.835. The van der Waals surface area contributed by atoms with Gasteiger partial charge in [-0.1, -0.05) is 0 Å². The molecule has 1 aliphatic heterocycles. The van der Waals surface area contributed by atoms with Crippen LogP contribution in [0.4, 0.5) is 5.69 Å². The molecular weight excluding hydrogens is 256 g/mol. The molecule has 1 aromatic carbocycles. The van der Waals surface area contributed by atoms with Crippen LogP contribution in [0.15, 0.2) is 18.2 Å². The first-order valence-corrected chi connectivity index (χ1v) is 6.98. The molecule has 0 radical (unpaired) electrons. The van der Waals surface area contributed by atoms with Crippen molar-refractivity contribution in [3.05, 3.63) is 29.3 Å². The lowest BCUT2D eigenvalue weighted by Gasteiger charge is -2.12. The molecular formula is C11H12N2O4S. The van der Waals surface area contributed by atoms with Crippen molar-refractivity contribution in [1.29, 1.82) is 0 Å². The Morgan fingerprint density at radius 3 is 2.11 bits per heavy atom. The van der Waals surface area contributed by atoms with Crippen LogP contribution in [-0.4, -0.2) is 44.9 Å². The van der Waals surface area contributed by atoms with E-state index in [1.807, 2.05) is 0 Å². The Kier molecular flexibility index (Phi) is 2.66. The summed E-state index contributed by atoms with van der Waals surface area (Å²) >= 11 is 0. The molecule has 6 nitrogen and oxygen atoms in total. The third-order valence-corrected chi connectivity index (χ3v) is 3.68. The van der Waals surface area contributed by atoms with E-state index >= 15 is 0 Å². The second-order valence-corrected chi connectivity index (χ2v) is 6.09. The van der Waals surface area contributed by atoms with E-state index in [1.165, 1.54) is 12.1 Å². The predicted molar refractivity (Wildman–Crippen MR) is 66.1 cm³/mol. The molecule has 0 saturated heterocycles. The number of sulfonamides is 1. The molecule has 1 aliphatic rings. The number of hydrogen-bond acceptors (Lipinski definition) is 5. The van der Waals surface area contributed by atoms with Crippen molar-refractivity contribution in [2.24, 2.45) is 0 Å². The molecule has 0 N–H and O–H groups in total. The Bertz CT molecular complexity index is 649. The second kappa shape index (κ2) is 3.81. The highest BCUT2D eigenvalue weighted by Gasteiger charge is 2.41. The van der Waals surface area contributed by atoms with E-state index in [0.717, 1.165) is 11.9 Å². The first kappa shape index (κ1) is 12.6. The van der Waals surface area contributed by atoms with E-state index in [9.17, 15) is 18.0 Å². The number of carbonyl (C=O) groups excluding carboxylic acids is 2. The maximum Gasteiger partial charge on any atom is 0.275 e. The lowest BCUT2D eigenvalue weighted by atomic mass is 10.1. The van der Waals surface area contributed by atoms with Gasteiger partial charge >= 0.3 is 0 Å². The molecule has 2 rings (SSSR count). The number of fused-ring (bicyclic) bond motifs is 1. The van der Waals surface area contributed by atoms with E-state index in [-0.39, 0.29) is 11.1 Å². The fourth-order valence-electron chi connectivity index (χ4n) is 1.79. The van der Waals surface area contributed by atoms with E-state index in [1.54, 1.807) is 25.1 Å². The molecule has 0 unspecified atom stereocenters. The minimum Gasteiger partial charge on any atom is -0.378 e. The summed E-state index contributed by atoms with van der Waals surface area (Å²) in [5.41, 5.74) is 0.970. The van der Waals surface area contributed by atoms with Crippen LogP contribution in [-0.2, 0) is 10.0 Å². The number of benzene rings is 1. The largest absolute Gasteiger partial charge is 0.378 e. The highest BCUT2D eigenvalue weighted by atomic mass is 32.2. The van der Waals surface area contributed by atoms with Gasteiger partial charge in [0.15, 0.2) is 0 Å². The van der Waals surface area contributed by atoms with Gasteiger partial charge in [-0.3, -0.25) is 9.59 Å². The summed E-state index contributed by atoms with van der Waals surface area (Å²) in [6, 6.07) is 4.65. The molecule has 18 heavy (non-hydrogen) atoms. The predicted octanol–water partition coefficient (Wildman–Crippen LogP) is 0.308. The topological polar surface area (TPSA) is 74.8 Å². The second-order valence-electron chi connectivity index (χ2n) is 4.26.